The van der Waals surface area contributed by atoms with Crippen molar-refractivity contribution in [2.75, 3.05) is 35.9 Å². The van der Waals surface area contributed by atoms with Gasteiger partial charge in [0.15, 0.2) is 15.7 Å². The van der Waals surface area contributed by atoms with E-state index in [2.05, 4.69) is 9.69 Å². The molecule has 15 heavy (non-hydrogen) atoms. The van der Waals surface area contributed by atoms with Crippen molar-refractivity contribution in [1.82, 2.24) is 4.37 Å². The molecule has 1 rings (SSSR count). The summed E-state index contributed by atoms with van der Waals surface area (Å²) >= 11 is 2.76. The van der Waals surface area contributed by atoms with E-state index in [-0.39, 0.29) is 10.7 Å². The number of nitrogens with one attached hydrogen (secondary N) is 1. The number of nitrogen functional groups attached to an aromatic ring is 1. The minimum absolute atomic E-state index is 0.0779. The minimum atomic E-state index is -3.30. The van der Waals surface area contributed by atoms with Crippen LogP contribution in [-0.2, 0) is 9.84 Å². The van der Waals surface area contributed by atoms with Gasteiger partial charge in [0.25, 0.3) is 0 Å². The first kappa shape index (κ1) is 12.6. The monoisotopic (exact) mass is 267 g/mol. The average molecular weight is 267 g/mol. The SMILES string of the molecule is CSCCNc1snc(N)c1S(C)(=O)=O. The van der Waals surface area contributed by atoms with Gasteiger partial charge in [-0.1, -0.05) is 0 Å². The van der Waals surface area contributed by atoms with Crippen LogP contribution in [-0.4, -0.2) is 37.6 Å². The topological polar surface area (TPSA) is 85.1 Å². The zero-order valence-electron chi connectivity index (χ0n) is 8.48. The van der Waals surface area contributed by atoms with Gasteiger partial charge in [0.05, 0.1) is 0 Å². The molecule has 0 atom stereocenters. The van der Waals surface area contributed by atoms with E-state index in [0.29, 0.717) is 11.5 Å². The Bertz CT molecular complexity index is 427. The largest absolute Gasteiger partial charge is 0.382 e. The fourth-order valence-electron chi connectivity index (χ4n) is 1.03. The molecule has 0 aliphatic carbocycles. The smallest absolute Gasteiger partial charge is 0.182 e. The van der Waals surface area contributed by atoms with Gasteiger partial charge >= 0.3 is 0 Å². The normalized spacial score (nSPS) is 11.6. The summed E-state index contributed by atoms with van der Waals surface area (Å²) < 4.78 is 26.7. The fourth-order valence-corrected chi connectivity index (χ4v) is 3.43. The Morgan fingerprint density at radius 3 is 2.80 bits per heavy atom. The Hall–Kier alpha value is -0.470. The number of nitrogens with zero attached hydrogens (tertiary/aromatic N) is 1. The van der Waals surface area contributed by atoms with E-state index < -0.39 is 9.84 Å². The first-order chi connectivity index (χ1) is 6.96. The predicted molar refractivity (Wildman–Crippen MR) is 66.5 cm³/mol. The fraction of sp³-hybridized carbons (Fsp3) is 0.571. The molecule has 0 saturated heterocycles. The standard InChI is InChI=1S/C7H13N3O2S3/c1-13-4-3-9-7-5(15(2,11)12)6(8)10-14-7/h9H,3-4H2,1-2H3,(H2,8,10). The highest BCUT2D eigenvalue weighted by atomic mass is 32.2. The number of aromatic nitrogens is 1. The van der Waals surface area contributed by atoms with Crippen molar-refractivity contribution in [3.8, 4) is 0 Å². The molecule has 0 aliphatic heterocycles. The van der Waals surface area contributed by atoms with Gasteiger partial charge in [-0.05, 0) is 17.8 Å². The zero-order chi connectivity index (χ0) is 11.5. The highest BCUT2D eigenvalue weighted by Crippen LogP contribution is 2.30. The molecule has 0 saturated carbocycles. The zero-order valence-corrected chi connectivity index (χ0v) is 10.9. The van der Waals surface area contributed by atoms with E-state index >= 15 is 0 Å². The summed E-state index contributed by atoms with van der Waals surface area (Å²) in [5.41, 5.74) is 5.51. The Morgan fingerprint density at radius 1 is 1.60 bits per heavy atom. The highest BCUT2D eigenvalue weighted by molar-refractivity contribution is 7.98. The van der Waals surface area contributed by atoms with Crippen LogP contribution in [0.15, 0.2) is 4.90 Å². The Morgan fingerprint density at radius 2 is 2.27 bits per heavy atom. The van der Waals surface area contributed by atoms with Crippen molar-refractivity contribution in [1.29, 1.82) is 0 Å². The lowest BCUT2D eigenvalue weighted by molar-refractivity contribution is 0.602. The summed E-state index contributed by atoms with van der Waals surface area (Å²) in [6.07, 6.45) is 3.12. The number of anilines is 2. The van der Waals surface area contributed by atoms with E-state index in [1.807, 2.05) is 6.26 Å². The van der Waals surface area contributed by atoms with Crippen molar-refractivity contribution in [2.24, 2.45) is 0 Å². The number of nitrogens with two attached hydrogens (primary N) is 1. The van der Waals surface area contributed by atoms with Gasteiger partial charge in [-0.2, -0.15) is 16.1 Å². The van der Waals surface area contributed by atoms with E-state index in [1.165, 1.54) is 0 Å². The maximum absolute atomic E-state index is 11.4. The van der Waals surface area contributed by atoms with Crippen molar-refractivity contribution in [3.63, 3.8) is 0 Å². The van der Waals surface area contributed by atoms with Gasteiger partial charge in [0.2, 0.25) is 0 Å². The summed E-state index contributed by atoms with van der Waals surface area (Å²) in [6, 6.07) is 0. The van der Waals surface area contributed by atoms with Gasteiger partial charge in [-0.3, -0.25) is 0 Å². The molecule has 0 aromatic carbocycles. The lowest BCUT2D eigenvalue weighted by Gasteiger charge is -2.04. The van der Waals surface area contributed by atoms with E-state index in [1.54, 1.807) is 11.8 Å². The molecular formula is C7H13N3O2S3. The maximum Gasteiger partial charge on any atom is 0.182 e. The Labute approximate surface area is 97.5 Å². The van der Waals surface area contributed by atoms with Crippen LogP contribution in [0.25, 0.3) is 0 Å². The van der Waals surface area contributed by atoms with Gasteiger partial charge < -0.3 is 11.1 Å². The molecule has 86 valence electrons. The number of rotatable bonds is 5. The molecule has 0 aliphatic rings. The predicted octanol–water partition coefficient (Wildman–Crippen LogP) is 0.904. The van der Waals surface area contributed by atoms with Crippen LogP contribution in [0.2, 0.25) is 0 Å². The Kier molecular flexibility index (Phi) is 4.23. The van der Waals surface area contributed by atoms with Gasteiger partial charge in [0, 0.05) is 18.6 Å². The Balaban J connectivity index is 2.90. The maximum atomic E-state index is 11.4. The molecule has 0 fully saturated rings. The molecule has 1 aromatic rings. The molecule has 1 heterocycles. The third-order valence-corrected chi connectivity index (χ3v) is 4.35. The number of hydrogen-bond donors (Lipinski definition) is 2. The second-order valence-electron chi connectivity index (χ2n) is 2.92. The van der Waals surface area contributed by atoms with Crippen LogP contribution >= 0.6 is 23.3 Å². The third kappa shape index (κ3) is 3.25. The molecule has 5 nitrogen and oxygen atoms in total. The molecule has 0 amide bonds. The van der Waals surface area contributed by atoms with Crippen LogP contribution in [0.4, 0.5) is 10.8 Å². The number of hydrogen-bond acceptors (Lipinski definition) is 7. The quantitative estimate of drug-likeness (QED) is 0.771. The van der Waals surface area contributed by atoms with Gasteiger partial charge in [-0.15, -0.1) is 0 Å². The molecule has 0 radical (unpaired) electrons. The summed E-state index contributed by atoms with van der Waals surface area (Å²) in [4.78, 5) is 0.119. The van der Waals surface area contributed by atoms with Crippen molar-refractivity contribution in [3.05, 3.63) is 0 Å². The third-order valence-electron chi connectivity index (χ3n) is 1.64. The van der Waals surface area contributed by atoms with Gasteiger partial charge in [0.1, 0.15) is 9.90 Å². The number of thioether (sulfide) groups is 1. The summed E-state index contributed by atoms with van der Waals surface area (Å²) in [6.45, 7) is 0.700. The average Bonchev–Trinajstić information content (AvgIpc) is 2.47. The molecule has 3 N–H and O–H groups in total. The molecular weight excluding hydrogens is 254 g/mol. The summed E-state index contributed by atoms with van der Waals surface area (Å²) in [7, 11) is -3.30. The number of sulfone groups is 1. The van der Waals surface area contributed by atoms with Crippen LogP contribution < -0.4 is 11.1 Å². The lowest BCUT2D eigenvalue weighted by atomic mass is 10.6. The minimum Gasteiger partial charge on any atom is -0.382 e. The first-order valence-electron chi connectivity index (χ1n) is 4.15. The second-order valence-corrected chi connectivity index (χ2v) is 6.63. The van der Waals surface area contributed by atoms with E-state index in [4.69, 9.17) is 5.73 Å². The molecule has 0 unspecified atom stereocenters. The summed E-state index contributed by atoms with van der Waals surface area (Å²) in [5.74, 6) is 0.982. The molecule has 0 bridgehead atoms. The molecule has 1 aromatic heterocycles. The second kappa shape index (κ2) is 5.04. The lowest BCUT2D eigenvalue weighted by Crippen LogP contribution is -2.07. The van der Waals surface area contributed by atoms with Crippen molar-refractivity contribution >= 4 is 44.0 Å². The van der Waals surface area contributed by atoms with Crippen LogP contribution in [0, 0.1) is 0 Å². The summed E-state index contributed by atoms with van der Waals surface area (Å²) in [5, 5.41) is 3.55. The van der Waals surface area contributed by atoms with E-state index in [9.17, 15) is 8.42 Å². The molecule has 0 spiro atoms. The van der Waals surface area contributed by atoms with Crippen molar-refractivity contribution in [2.45, 2.75) is 4.90 Å². The van der Waals surface area contributed by atoms with Crippen LogP contribution in [0.5, 0.6) is 0 Å². The van der Waals surface area contributed by atoms with E-state index in [0.717, 1.165) is 23.5 Å². The first-order valence-corrected chi connectivity index (χ1v) is 8.20. The van der Waals surface area contributed by atoms with Crippen molar-refractivity contribution < 1.29 is 8.42 Å². The molecule has 8 heteroatoms. The van der Waals surface area contributed by atoms with Crippen LogP contribution in [0.1, 0.15) is 0 Å². The van der Waals surface area contributed by atoms with Gasteiger partial charge in [-0.25, -0.2) is 8.42 Å². The highest BCUT2D eigenvalue weighted by Gasteiger charge is 2.20. The van der Waals surface area contributed by atoms with Crippen LogP contribution in [0.3, 0.4) is 0 Å².